The van der Waals surface area contributed by atoms with Crippen molar-refractivity contribution in [2.24, 2.45) is 0 Å². The fraction of sp³-hybridized carbons (Fsp3) is 0.286. The van der Waals surface area contributed by atoms with Gasteiger partial charge in [0, 0.05) is 18.0 Å². The zero-order chi connectivity index (χ0) is 28.0. The highest BCUT2D eigenvalue weighted by atomic mass is 19.4. The summed E-state index contributed by atoms with van der Waals surface area (Å²) in [7, 11) is 0. The van der Waals surface area contributed by atoms with Gasteiger partial charge >= 0.3 is 6.18 Å². The maximum atomic E-state index is 13.9. The number of rotatable bonds is 5. The number of hydrogen-bond donors (Lipinski definition) is 2. The van der Waals surface area contributed by atoms with Gasteiger partial charge in [0.1, 0.15) is 6.23 Å². The topological polar surface area (TPSA) is 113 Å². The lowest BCUT2D eigenvalue weighted by Gasteiger charge is -2.24. The van der Waals surface area contributed by atoms with Crippen molar-refractivity contribution >= 4 is 33.7 Å². The second kappa shape index (κ2) is 9.94. The number of pyridine rings is 1. The molecule has 2 atom stereocenters. The molecule has 6 rings (SSSR count). The first-order valence-corrected chi connectivity index (χ1v) is 12.9. The number of benzene rings is 2. The van der Waals surface area contributed by atoms with Gasteiger partial charge in [0.2, 0.25) is 5.95 Å². The Morgan fingerprint density at radius 1 is 1.10 bits per heavy atom. The highest BCUT2D eigenvalue weighted by Gasteiger charge is 2.34. The lowest BCUT2D eigenvalue weighted by molar-refractivity contribution is -0.136. The number of aromatic nitrogens is 5. The van der Waals surface area contributed by atoms with Crippen LogP contribution in [-0.4, -0.2) is 30.7 Å². The van der Waals surface area contributed by atoms with E-state index in [9.17, 15) is 18.0 Å². The molecule has 1 saturated heterocycles. The predicted octanol–water partition coefficient (Wildman–Crippen LogP) is 5.60. The Hall–Kier alpha value is -4.45. The second-order valence-corrected chi connectivity index (χ2v) is 9.75. The Labute approximate surface area is 226 Å². The molecule has 5 aromatic rings. The van der Waals surface area contributed by atoms with Gasteiger partial charge in [-0.2, -0.15) is 23.1 Å². The largest absolute Gasteiger partial charge is 0.417 e. The number of nitrogens with two attached hydrogens (primary N) is 1. The molecule has 0 bridgehead atoms. The molecule has 1 fully saturated rings. The van der Waals surface area contributed by atoms with Crippen molar-refractivity contribution in [3.63, 3.8) is 0 Å². The average molecular weight is 550 g/mol. The van der Waals surface area contributed by atoms with E-state index in [2.05, 4.69) is 20.3 Å². The van der Waals surface area contributed by atoms with Gasteiger partial charge in [-0.15, -0.1) is 0 Å². The summed E-state index contributed by atoms with van der Waals surface area (Å²) in [5.41, 5.74) is 6.15. The van der Waals surface area contributed by atoms with Crippen molar-refractivity contribution in [2.75, 3.05) is 17.7 Å². The maximum Gasteiger partial charge on any atom is 0.417 e. The van der Waals surface area contributed by atoms with E-state index in [1.807, 2.05) is 4.57 Å². The van der Waals surface area contributed by atoms with E-state index in [-0.39, 0.29) is 17.6 Å². The third kappa shape index (κ3) is 4.53. The Kier molecular flexibility index (Phi) is 6.41. The van der Waals surface area contributed by atoms with Gasteiger partial charge < -0.3 is 15.8 Å². The summed E-state index contributed by atoms with van der Waals surface area (Å²) < 4.78 is 50.7. The van der Waals surface area contributed by atoms with Crippen LogP contribution in [0.25, 0.3) is 27.6 Å². The Morgan fingerprint density at radius 2 is 1.90 bits per heavy atom. The molecule has 0 amide bonds. The molecule has 1 aliphatic heterocycles. The van der Waals surface area contributed by atoms with Gasteiger partial charge in [0.25, 0.3) is 5.56 Å². The monoisotopic (exact) mass is 549 g/mol. The van der Waals surface area contributed by atoms with Crippen LogP contribution in [0.4, 0.5) is 24.9 Å². The van der Waals surface area contributed by atoms with Crippen LogP contribution in [0.5, 0.6) is 0 Å². The summed E-state index contributed by atoms with van der Waals surface area (Å²) in [5, 5.41) is 3.06. The number of alkyl halides is 3. The van der Waals surface area contributed by atoms with Crippen LogP contribution in [-0.2, 0) is 10.9 Å². The summed E-state index contributed by atoms with van der Waals surface area (Å²) in [6.07, 6.45) is -0.450. The van der Waals surface area contributed by atoms with Crippen LogP contribution in [0.3, 0.4) is 0 Å². The SMILES string of the molecule is C[C@H](Nc1nc(N)nc2c1ncn2C1CCCCO1)c1cc2cccc(C(F)(F)F)c2c(=O)n1-c1ccccc1. The van der Waals surface area contributed by atoms with Crippen LogP contribution >= 0.6 is 0 Å². The van der Waals surface area contributed by atoms with E-state index in [0.29, 0.717) is 35.0 Å². The van der Waals surface area contributed by atoms with Gasteiger partial charge in [0.15, 0.2) is 17.0 Å². The quantitative estimate of drug-likeness (QED) is 0.293. The van der Waals surface area contributed by atoms with Gasteiger partial charge in [-0.3, -0.25) is 13.9 Å². The van der Waals surface area contributed by atoms with E-state index in [4.69, 9.17) is 10.5 Å². The minimum absolute atomic E-state index is 0.0218. The first-order chi connectivity index (χ1) is 19.2. The van der Waals surface area contributed by atoms with Crippen molar-refractivity contribution < 1.29 is 17.9 Å². The Balaban J connectivity index is 1.49. The third-order valence-electron chi connectivity index (χ3n) is 7.10. The van der Waals surface area contributed by atoms with Gasteiger partial charge in [-0.1, -0.05) is 30.3 Å². The highest BCUT2D eigenvalue weighted by molar-refractivity contribution is 5.87. The van der Waals surface area contributed by atoms with Crippen molar-refractivity contribution in [1.29, 1.82) is 0 Å². The molecule has 0 saturated carbocycles. The number of para-hydroxylation sites is 1. The lowest BCUT2D eigenvalue weighted by Crippen LogP contribution is -2.27. The standard InChI is InChI=1S/C28H26F3N7O2/c1-16(34-24-23-25(36-27(32)35-24)37(15-33-23)21-12-5-6-13-40-21)20-14-17-8-7-11-19(28(29,30)31)22(17)26(39)38(20)18-9-3-2-4-10-18/h2-4,7-11,14-16,21H,5-6,12-13H2,1H3,(H3,32,34,35,36)/t16-,21?/m0/s1. The average Bonchev–Trinajstić information content (AvgIpc) is 3.37. The molecule has 0 spiro atoms. The number of anilines is 2. The fourth-order valence-electron chi connectivity index (χ4n) is 5.25. The number of imidazole rings is 1. The molecular weight excluding hydrogens is 523 g/mol. The molecule has 3 aromatic heterocycles. The summed E-state index contributed by atoms with van der Waals surface area (Å²) >= 11 is 0. The van der Waals surface area contributed by atoms with E-state index >= 15 is 0 Å². The number of ether oxygens (including phenoxy) is 1. The van der Waals surface area contributed by atoms with Crippen LogP contribution in [0.1, 0.15) is 49.7 Å². The van der Waals surface area contributed by atoms with E-state index in [1.54, 1.807) is 49.6 Å². The summed E-state index contributed by atoms with van der Waals surface area (Å²) in [6, 6.07) is 13.3. The number of nitrogens with zero attached hydrogens (tertiary/aromatic N) is 5. The van der Waals surface area contributed by atoms with Crippen LogP contribution in [0, 0.1) is 0 Å². The Morgan fingerprint density at radius 3 is 2.62 bits per heavy atom. The molecule has 1 aliphatic rings. The van der Waals surface area contributed by atoms with Gasteiger partial charge in [-0.25, -0.2) is 4.98 Å². The van der Waals surface area contributed by atoms with Crippen LogP contribution in [0.2, 0.25) is 0 Å². The molecule has 3 N–H and O–H groups in total. The minimum Gasteiger partial charge on any atom is -0.368 e. The highest BCUT2D eigenvalue weighted by Crippen LogP contribution is 2.35. The number of hydrogen-bond acceptors (Lipinski definition) is 7. The normalized spacial score (nSPS) is 16.9. The zero-order valence-electron chi connectivity index (χ0n) is 21.5. The number of nitrogen functional groups attached to an aromatic ring is 1. The fourth-order valence-corrected chi connectivity index (χ4v) is 5.25. The summed E-state index contributed by atoms with van der Waals surface area (Å²) in [4.78, 5) is 27.0. The summed E-state index contributed by atoms with van der Waals surface area (Å²) in [6.45, 7) is 2.43. The molecule has 9 nitrogen and oxygen atoms in total. The van der Waals surface area contributed by atoms with Crippen molar-refractivity contribution in [2.45, 2.75) is 44.6 Å². The molecule has 4 heterocycles. The van der Waals surface area contributed by atoms with E-state index in [1.165, 1.54) is 16.7 Å². The van der Waals surface area contributed by atoms with E-state index < -0.39 is 28.7 Å². The molecule has 1 unspecified atom stereocenters. The molecular formula is C28H26F3N7O2. The van der Waals surface area contributed by atoms with Gasteiger partial charge in [0.05, 0.1) is 23.3 Å². The molecule has 12 heteroatoms. The maximum absolute atomic E-state index is 13.9. The zero-order valence-corrected chi connectivity index (χ0v) is 21.5. The molecule has 0 aliphatic carbocycles. The van der Waals surface area contributed by atoms with Crippen molar-refractivity contribution in [3.8, 4) is 5.69 Å². The molecule has 2 aromatic carbocycles. The van der Waals surface area contributed by atoms with Crippen LogP contribution < -0.4 is 16.6 Å². The predicted molar refractivity (Wildman–Crippen MR) is 145 cm³/mol. The molecule has 40 heavy (non-hydrogen) atoms. The van der Waals surface area contributed by atoms with Crippen molar-refractivity contribution in [3.05, 3.63) is 82.5 Å². The smallest absolute Gasteiger partial charge is 0.368 e. The first-order valence-electron chi connectivity index (χ1n) is 12.9. The second-order valence-electron chi connectivity index (χ2n) is 9.75. The number of nitrogens with one attached hydrogen (secondary N) is 1. The number of fused-ring (bicyclic) bond motifs is 2. The van der Waals surface area contributed by atoms with Crippen molar-refractivity contribution in [1.82, 2.24) is 24.1 Å². The van der Waals surface area contributed by atoms with Crippen LogP contribution in [0.15, 0.2) is 65.7 Å². The summed E-state index contributed by atoms with van der Waals surface area (Å²) in [5.74, 6) is 0.356. The molecule has 206 valence electrons. The van der Waals surface area contributed by atoms with Gasteiger partial charge in [-0.05, 0) is 55.8 Å². The van der Waals surface area contributed by atoms with E-state index in [0.717, 1.165) is 25.3 Å². The number of halogens is 3. The third-order valence-corrected chi connectivity index (χ3v) is 7.10. The molecule has 0 radical (unpaired) electrons. The lowest BCUT2D eigenvalue weighted by atomic mass is 10.0. The first kappa shape index (κ1) is 25.8. The Bertz CT molecular complexity index is 1760. The minimum atomic E-state index is -4.69.